The maximum absolute atomic E-state index is 12.1. The second kappa shape index (κ2) is 10.8. The summed E-state index contributed by atoms with van der Waals surface area (Å²) in [5.41, 5.74) is 5.81. The number of aliphatic hydroxyl groups excluding tert-OH is 2. The Kier molecular flexibility index (Phi) is 8.07. The molecule has 4 heterocycles. The third kappa shape index (κ3) is 6.77. The van der Waals surface area contributed by atoms with E-state index in [9.17, 15) is 28.2 Å². The lowest BCUT2D eigenvalue weighted by Crippen LogP contribution is -2.50. The standard InChI is InChI=1S/C14H20N4O4.C5H4F3N3/c19-10-2-4-22-11(12(10)20)7-17-14(21)13-16-6-8-5-15-3-1-9(8)18-13;6-5(7,8)3-1-10-2-4(9)11-3/h6,10-12,15,19-20H,1-5,7H2,(H,17,21);1-2H,(H2,9,11). The molecule has 180 valence electrons. The fourth-order valence-electron chi connectivity index (χ4n) is 3.17. The van der Waals surface area contributed by atoms with Crippen molar-refractivity contribution in [3.05, 3.63) is 41.4 Å². The van der Waals surface area contributed by atoms with E-state index in [1.165, 1.54) is 0 Å². The van der Waals surface area contributed by atoms with E-state index in [2.05, 4.69) is 30.6 Å². The molecule has 1 saturated heterocycles. The summed E-state index contributed by atoms with van der Waals surface area (Å²) in [6.07, 6.45) is -2.39. The van der Waals surface area contributed by atoms with Gasteiger partial charge in [0.15, 0.2) is 5.69 Å². The van der Waals surface area contributed by atoms with Gasteiger partial charge in [0.1, 0.15) is 18.0 Å². The molecule has 0 aliphatic carbocycles. The first-order valence-corrected chi connectivity index (χ1v) is 10.1. The van der Waals surface area contributed by atoms with E-state index in [1.54, 1.807) is 6.20 Å². The van der Waals surface area contributed by atoms with E-state index in [0.29, 0.717) is 19.2 Å². The first-order chi connectivity index (χ1) is 15.6. The molecular weight excluding hydrogens is 447 g/mol. The first-order valence-electron chi connectivity index (χ1n) is 10.1. The van der Waals surface area contributed by atoms with Gasteiger partial charge in [-0.25, -0.2) is 15.0 Å². The third-order valence-corrected chi connectivity index (χ3v) is 4.94. The van der Waals surface area contributed by atoms with Gasteiger partial charge in [-0.2, -0.15) is 13.2 Å². The molecule has 3 atom stereocenters. The van der Waals surface area contributed by atoms with Crippen molar-refractivity contribution in [1.82, 2.24) is 30.6 Å². The molecule has 1 amide bonds. The van der Waals surface area contributed by atoms with E-state index in [-0.39, 0.29) is 18.2 Å². The zero-order valence-corrected chi connectivity index (χ0v) is 17.4. The van der Waals surface area contributed by atoms with Crippen molar-refractivity contribution in [2.75, 3.05) is 25.4 Å². The van der Waals surface area contributed by atoms with Crippen LogP contribution in [0.1, 0.15) is 34.0 Å². The predicted octanol–water partition coefficient (Wildman–Crippen LogP) is -0.560. The van der Waals surface area contributed by atoms with E-state index >= 15 is 0 Å². The second-order valence-corrected chi connectivity index (χ2v) is 7.39. The Labute approximate surface area is 186 Å². The van der Waals surface area contributed by atoms with Crippen LogP contribution in [-0.4, -0.2) is 74.1 Å². The number of anilines is 1. The highest BCUT2D eigenvalue weighted by Gasteiger charge is 2.33. The van der Waals surface area contributed by atoms with Crippen LogP contribution in [0.2, 0.25) is 0 Å². The fraction of sp³-hybridized carbons (Fsp3) is 0.526. The Hall–Kier alpha value is -2.94. The molecule has 0 saturated carbocycles. The number of hydrogen-bond donors (Lipinski definition) is 5. The van der Waals surface area contributed by atoms with Crippen molar-refractivity contribution in [1.29, 1.82) is 0 Å². The van der Waals surface area contributed by atoms with Crippen LogP contribution in [0.5, 0.6) is 0 Å². The number of fused-ring (bicyclic) bond motifs is 1. The van der Waals surface area contributed by atoms with Crippen molar-refractivity contribution in [2.45, 2.75) is 43.9 Å². The van der Waals surface area contributed by atoms with Crippen LogP contribution < -0.4 is 16.4 Å². The maximum atomic E-state index is 12.1. The maximum Gasteiger partial charge on any atom is 0.434 e. The zero-order chi connectivity index (χ0) is 24.0. The molecule has 0 aromatic carbocycles. The lowest BCUT2D eigenvalue weighted by Gasteiger charge is -2.31. The third-order valence-electron chi connectivity index (χ3n) is 4.94. The van der Waals surface area contributed by atoms with E-state index in [0.717, 1.165) is 37.0 Å². The second-order valence-electron chi connectivity index (χ2n) is 7.39. The number of ether oxygens (including phenoxy) is 1. The number of nitrogens with zero attached hydrogens (tertiary/aromatic N) is 4. The van der Waals surface area contributed by atoms with E-state index < -0.39 is 36.1 Å². The van der Waals surface area contributed by atoms with Gasteiger partial charge in [0.25, 0.3) is 5.91 Å². The number of aromatic nitrogens is 4. The summed E-state index contributed by atoms with van der Waals surface area (Å²) in [7, 11) is 0. The Bertz CT molecular complexity index is 963. The first kappa shape index (κ1) is 24.7. The monoisotopic (exact) mass is 471 g/mol. The van der Waals surface area contributed by atoms with Gasteiger partial charge in [0.05, 0.1) is 24.2 Å². The number of carbonyl (C=O) groups is 1. The predicted molar refractivity (Wildman–Crippen MR) is 108 cm³/mol. The van der Waals surface area contributed by atoms with Crippen molar-refractivity contribution >= 4 is 11.7 Å². The Morgan fingerprint density at radius 3 is 2.76 bits per heavy atom. The topological polar surface area (TPSA) is 168 Å². The molecule has 1 fully saturated rings. The van der Waals surface area contributed by atoms with Gasteiger partial charge >= 0.3 is 6.18 Å². The molecular formula is C19H24F3N7O4. The van der Waals surface area contributed by atoms with Gasteiger partial charge in [-0.05, 0) is 6.42 Å². The molecule has 0 bridgehead atoms. The quantitative estimate of drug-likeness (QED) is 0.391. The van der Waals surface area contributed by atoms with Gasteiger partial charge in [-0.15, -0.1) is 0 Å². The summed E-state index contributed by atoms with van der Waals surface area (Å²) < 4.78 is 40.8. The lowest BCUT2D eigenvalue weighted by atomic mass is 10.0. The molecule has 33 heavy (non-hydrogen) atoms. The summed E-state index contributed by atoms with van der Waals surface area (Å²) in [5.74, 6) is -0.525. The summed E-state index contributed by atoms with van der Waals surface area (Å²) in [4.78, 5) is 26.8. The molecule has 3 unspecified atom stereocenters. The van der Waals surface area contributed by atoms with Crippen LogP contribution in [0.15, 0.2) is 18.6 Å². The number of nitrogen functional groups attached to an aromatic ring is 1. The minimum absolute atomic E-state index is 0.110. The largest absolute Gasteiger partial charge is 0.434 e. The molecule has 4 rings (SSSR count). The molecule has 2 aliphatic rings. The van der Waals surface area contributed by atoms with Crippen molar-refractivity contribution in [2.24, 2.45) is 0 Å². The lowest BCUT2D eigenvalue weighted by molar-refractivity contribution is -0.141. The van der Waals surface area contributed by atoms with Gasteiger partial charge < -0.3 is 31.3 Å². The zero-order valence-electron chi connectivity index (χ0n) is 17.4. The molecule has 2 aliphatic heterocycles. The highest BCUT2D eigenvalue weighted by molar-refractivity contribution is 5.90. The molecule has 0 spiro atoms. The van der Waals surface area contributed by atoms with Gasteiger partial charge in [-0.1, -0.05) is 0 Å². The van der Waals surface area contributed by atoms with E-state index in [1.807, 2.05) is 0 Å². The summed E-state index contributed by atoms with van der Waals surface area (Å²) in [6, 6.07) is 0. The number of nitrogens with two attached hydrogens (primary N) is 1. The number of halogens is 3. The van der Waals surface area contributed by atoms with Gasteiger partial charge in [-0.3, -0.25) is 9.78 Å². The number of rotatable bonds is 3. The number of amides is 1. The van der Waals surface area contributed by atoms with Gasteiger partial charge in [0.2, 0.25) is 5.82 Å². The number of aliphatic hydroxyl groups is 2. The van der Waals surface area contributed by atoms with Crippen molar-refractivity contribution < 1.29 is 32.9 Å². The molecule has 2 aromatic heterocycles. The number of hydrogen-bond acceptors (Lipinski definition) is 10. The Morgan fingerprint density at radius 1 is 1.27 bits per heavy atom. The molecule has 2 aromatic rings. The highest BCUT2D eigenvalue weighted by Crippen LogP contribution is 2.26. The average Bonchev–Trinajstić information content (AvgIpc) is 2.79. The molecule has 6 N–H and O–H groups in total. The van der Waals surface area contributed by atoms with Crippen molar-refractivity contribution in [3.8, 4) is 0 Å². The van der Waals surface area contributed by atoms with Crippen LogP contribution in [0.4, 0.5) is 19.0 Å². The highest BCUT2D eigenvalue weighted by atomic mass is 19.4. The van der Waals surface area contributed by atoms with Crippen LogP contribution in [-0.2, 0) is 23.9 Å². The summed E-state index contributed by atoms with van der Waals surface area (Å²) in [5, 5.41) is 25.3. The number of carbonyl (C=O) groups excluding carboxylic acids is 1. The number of nitrogens with one attached hydrogen (secondary N) is 2. The van der Waals surface area contributed by atoms with Crippen LogP contribution in [0.25, 0.3) is 0 Å². The van der Waals surface area contributed by atoms with Crippen molar-refractivity contribution in [3.63, 3.8) is 0 Å². The number of alkyl halides is 3. The summed E-state index contributed by atoms with van der Waals surface area (Å²) in [6.45, 7) is 2.03. The molecule has 0 radical (unpaired) electrons. The fourth-order valence-corrected chi connectivity index (χ4v) is 3.17. The van der Waals surface area contributed by atoms with Gasteiger partial charge in [0, 0.05) is 44.4 Å². The van der Waals surface area contributed by atoms with Crippen LogP contribution in [0, 0.1) is 0 Å². The Morgan fingerprint density at radius 2 is 2.06 bits per heavy atom. The normalized spacial score (nSPS) is 22.5. The average molecular weight is 471 g/mol. The minimum atomic E-state index is -4.47. The summed E-state index contributed by atoms with van der Waals surface area (Å²) >= 11 is 0. The SMILES string of the molecule is Nc1cncc(C(F)(F)F)n1.O=C(NCC1OCCC(O)C1O)c1ncc2c(n1)CCNC2. The van der Waals surface area contributed by atoms with E-state index in [4.69, 9.17) is 10.5 Å². The van der Waals surface area contributed by atoms with Crippen LogP contribution >= 0.6 is 0 Å². The van der Waals surface area contributed by atoms with Crippen LogP contribution in [0.3, 0.4) is 0 Å². The minimum Gasteiger partial charge on any atom is -0.390 e. The molecule has 14 heteroatoms. The molecule has 11 nitrogen and oxygen atoms in total. The Balaban J connectivity index is 0.000000235. The smallest absolute Gasteiger partial charge is 0.390 e.